The van der Waals surface area contributed by atoms with E-state index in [-0.39, 0.29) is 0 Å². The van der Waals surface area contributed by atoms with Crippen molar-refractivity contribution in [1.82, 2.24) is 9.78 Å². The van der Waals surface area contributed by atoms with Gasteiger partial charge in [-0.2, -0.15) is 5.10 Å². The number of diazo groups is 1. The first kappa shape index (κ1) is 9.21. The third-order valence-corrected chi connectivity index (χ3v) is 2.21. The lowest BCUT2D eigenvalue weighted by Gasteiger charge is -1.91. The normalized spacial score (nSPS) is 9.87. The lowest BCUT2D eigenvalue weighted by molar-refractivity contribution is 0.782. The molecule has 0 radical (unpaired) electrons. The van der Waals surface area contributed by atoms with Crippen LogP contribution in [0, 0.1) is 5.39 Å². The number of aryl methyl sites for hydroxylation is 1. The minimum absolute atomic E-state index is 0.309. The number of aromatic nitrogens is 2. The summed E-state index contributed by atoms with van der Waals surface area (Å²) in [5.41, 5.74) is 7.46. The van der Waals surface area contributed by atoms with Gasteiger partial charge in [-0.25, -0.2) is 4.68 Å². The molecule has 1 aromatic carbocycles. The standard InChI is InChI=1S/C10H10N5/c1-15-10(11)9(13-12)8(14-15)7-5-3-2-4-6-7/h2-6H,11H2,1H3/q+1. The van der Waals surface area contributed by atoms with Gasteiger partial charge in [0.05, 0.1) is 0 Å². The molecular formula is C10H10N5+. The molecule has 0 aliphatic rings. The predicted octanol–water partition coefficient (Wildman–Crippen LogP) is 2.15. The van der Waals surface area contributed by atoms with Gasteiger partial charge in [0.25, 0.3) is 0 Å². The van der Waals surface area contributed by atoms with E-state index >= 15 is 0 Å². The Bertz CT molecular complexity index is 521. The minimum atomic E-state index is 0.309. The Kier molecular flexibility index (Phi) is 2.10. The van der Waals surface area contributed by atoms with E-state index in [9.17, 15) is 0 Å². The Hall–Kier alpha value is -2.35. The second-order valence-corrected chi connectivity index (χ2v) is 3.17. The molecule has 5 heteroatoms. The molecule has 2 N–H and O–H groups in total. The van der Waals surface area contributed by atoms with Gasteiger partial charge in [0.1, 0.15) is 0 Å². The van der Waals surface area contributed by atoms with Gasteiger partial charge in [-0.15, -0.1) is 0 Å². The first-order valence-electron chi connectivity index (χ1n) is 4.47. The highest BCUT2D eigenvalue weighted by Gasteiger charge is 2.26. The average molecular weight is 200 g/mol. The minimum Gasteiger partial charge on any atom is -0.377 e. The van der Waals surface area contributed by atoms with Crippen LogP contribution in [-0.2, 0) is 7.05 Å². The smallest absolute Gasteiger partial charge is 0.377 e. The molecule has 1 heterocycles. The molecule has 0 fully saturated rings. The van der Waals surface area contributed by atoms with E-state index in [4.69, 9.17) is 11.1 Å². The number of nitrogens with zero attached hydrogens (tertiary/aromatic N) is 4. The van der Waals surface area contributed by atoms with Crippen LogP contribution in [-0.4, -0.2) is 9.78 Å². The zero-order chi connectivity index (χ0) is 10.8. The average Bonchev–Trinajstić information content (AvgIpc) is 2.56. The maximum atomic E-state index is 8.87. The topological polar surface area (TPSA) is 72.0 Å². The van der Waals surface area contributed by atoms with Gasteiger partial charge in [0, 0.05) is 12.6 Å². The molecule has 0 aliphatic heterocycles. The molecule has 5 nitrogen and oxygen atoms in total. The highest BCUT2D eigenvalue weighted by molar-refractivity contribution is 5.82. The number of anilines is 1. The van der Waals surface area contributed by atoms with E-state index in [1.807, 2.05) is 30.3 Å². The quantitative estimate of drug-likeness (QED) is 0.717. The van der Waals surface area contributed by atoms with Gasteiger partial charge >= 0.3 is 5.69 Å². The van der Waals surface area contributed by atoms with Crippen LogP contribution >= 0.6 is 0 Å². The molecule has 0 saturated heterocycles. The van der Waals surface area contributed by atoms with Crippen LogP contribution < -0.4 is 5.73 Å². The number of rotatable bonds is 1. The molecule has 0 amide bonds. The lowest BCUT2D eigenvalue weighted by atomic mass is 10.1. The van der Waals surface area contributed by atoms with Crippen molar-refractivity contribution >= 4 is 11.5 Å². The van der Waals surface area contributed by atoms with Gasteiger partial charge in [0.15, 0.2) is 10.7 Å². The second kappa shape index (κ2) is 3.42. The van der Waals surface area contributed by atoms with Crippen LogP contribution in [0.15, 0.2) is 30.3 Å². The van der Waals surface area contributed by atoms with E-state index in [1.165, 1.54) is 4.68 Å². The van der Waals surface area contributed by atoms with Gasteiger partial charge in [-0.1, -0.05) is 30.3 Å². The summed E-state index contributed by atoms with van der Waals surface area (Å²) in [4.78, 5) is 3.16. The van der Waals surface area contributed by atoms with Crippen molar-refractivity contribution < 1.29 is 0 Å². The fourth-order valence-electron chi connectivity index (χ4n) is 1.41. The van der Waals surface area contributed by atoms with Crippen molar-refractivity contribution in [1.29, 1.82) is 5.39 Å². The monoisotopic (exact) mass is 200 g/mol. The molecule has 0 unspecified atom stereocenters. The number of nitrogens with two attached hydrogens (primary N) is 1. The maximum Gasteiger partial charge on any atom is 0.453 e. The van der Waals surface area contributed by atoms with E-state index in [1.54, 1.807) is 7.05 Å². The van der Waals surface area contributed by atoms with Gasteiger partial charge in [0.2, 0.25) is 11.2 Å². The van der Waals surface area contributed by atoms with Crippen LogP contribution in [0.25, 0.3) is 16.2 Å². The third kappa shape index (κ3) is 1.42. The second-order valence-electron chi connectivity index (χ2n) is 3.17. The van der Waals surface area contributed by atoms with Crippen molar-refractivity contribution in [2.24, 2.45) is 7.05 Å². The molecular weight excluding hydrogens is 190 g/mol. The molecule has 15 heavy (non-hydrogen) atoms. The summed E-state index contributed by atoms with van der Waals surface area (Å²) in [5.74, 6) is 0.344. The Balaban J connectivity index is 2.65. The van der Waals surface area contributed by atoms with Gasteiger partial charge in [-0.05, 0) is 0 Å². The van der Waals surface area contributed by atoms with Gasteiger partial charge in [-0.3, -0.25) is 0 Å². The molecule has 1 aromatic heterocycles. The number of hydrogen-bond acceptors (Lipinski definition) is 3. The molecule has 0 aliphatic carbocycles. The SMILES string of the molecule is Cn1nc(-c2ccccc2)c([N+]#N)c1N. The zero-order valence-electron chi connectivity index (χ0n) is 8.25. The Labute approximate surface area is 86.8 Å². The summed E-state index contributed by atoms with van der Waals surface area (Å²) in [6.45, 7) is 0. The molecule has 0 spiro atoms. The molecule has 2 rings (SSSR count). The van der Waals surface area contributed by atoms with Crippen LogP contribution in [0.1, 0.15) is 0 Å². The summed E-state index contributed by atoms with van der Waals surface area (Å²) in [6, 6.07) is 9.46. The van der Waals surface area contributed by atoms with E-state index in [0.717, 1.165) is 5.56 Å². The van der Waals surface area contributed by atoms with Crippen molar-refractivity contribution in [3.63, 3.8) is 0 Å². The summed E-state index contributed by atoms with van der Waals surface area (Å²) < 4.78 is 1.48. The predicted molar refractivity (Wildman–Crippen MR) is 57.8 cm³/mol. The van der Waals surface area contributed by atoms with Crippen molar-refractivity contribution in [3.8, 4) is 11.3 Å². The van der Waals surface area contributed by atoms with E-state index in [0.29, 0.717) is 17.2 Å². The summed E-state index contributed by atoms with van der Waals surface area (Å²) in [7, 11) is 1.70. The first-order chi connectivity index (χ1) is 7.24. The van der Waals surface area contributed by atoms with Crippen LogP contribution in [0.4, 0.5) is 11.5 Å². The fourth-order valence-corrected chi connectivity index (χ4v) is 1.41. The van der Waals surface area contributed by atoms with Crippen LogP contribution in [0.3, 0.4) is 0 Å². The summed E-state index contributed by atoms with van der Waals surface area (Å²) >= 11 is 0. The molecule has 0 bridgehead atoms. The number of nitrogen functional groups attached to an aromatic ring is 1. The first-order valence-corrected chi connectivity index (χ1v) is 4.47. The zero-order valence-corrected chi connectivity index (χ0v) is 8.25. The summed E-state index contributed by atoms with van der Waals surface area (Å²) in [5, 5.41) is 13.1. The molecule has 0 atom stereocenters. The fraction of sp³-hybridized carbons (Fsp3) is 0.100. The number of hydrogen-bond donors (Lipinski definition) is 1. The highest BCUT2D eigenvalue weighted by atomic mass is 15.3. The highest BCUT2D eigenvalue weighted by Crippen LogP contribution is 2.33. The Morgan fingerprint density at radius 2 is 2.00 bits per heavy atom. The van der Waals surface area contributed by atoms with Crippen LogP contribution in [0.5, 0.6) is 0 Å². The molecule has 0 saturated carbocycles. The maximum absolute atomic E-state index is 8.87. The largest absolute Gasteiger partial charge is 0.453 e. The molecule has 74 valence electrons. The number of benzene rings is 1. The lowest BCUT2D eigenvalue weighted by Crippen LogP contribution is -1.96. The Morgan fingerprint density at radius 1 is 1.33 bits per heavy atom. The Morgan fingerprint density at radius 3 is 2.60 bits per heavy atom. The van der Waals surface area contributed by atoms with E-state index < -0.39 is 0 Å². The van der Waals surface area contributed by atoms with Crippen molar-refractivity contribution in [3.05, 3.63) is 35.3 Å². The third-order valence-electron chi connectivity index (χ3n) is 2.21. The summed E-state index contributed by atoms with van der Waals surface area (Å²) in [6.07, 6.45) is 0. The van der Waals surface area contributed by atoms with Crippen LogP contribution in [0.2, 0.25) is 0 Å². The van der Waals surface area contributed by atoms with E-state index in [2.05, 4.69) is 10.1 Å². The molecule has 2 aromatic rings. The van der Waals surface area contributed by atoms with Gasteiger partial charge < -0.3 is 5.73 Å². The van der Waals surface area contributed by atoms with Crippen molar-refractivity contribution in [2.75, 3.05) is 5.73 Å². The van der Waals surface area contributed by atoms with Crippen molar-refractivity contribution in [2.45, 2.75) is 0 Å².